The van der Waals surface area contributed by atoms with Crippen molar-refractivity contribution >= 4 is 39.1 Å². The molecule has 7 heteroatoms. The van der Waals surface area contributed by atoms with Crippen LogP contribution in [0.15, 0.2) is 48.5 Å². The first kappa shape index (κ1) is 19.2. The zero-order chi connectivity index (χ0) is 20.7. The standard InChI is InChI=1S/C23H23N3O3S/c1-29-19-10-4-3-9-17(19)26-21(27)13-18(23(26)28)25-12-6-7-15(14-25)22-24-16-8-2-5-11-20(16)30-22/h2-5,8-11,15,18H,6-7,12-14H2,1H3/t15-,18+/m1/s1. The Bertz CT molecular complexity index is 1080. The van der Waals surface area contributed by atoms with E-state index in [0.717, 1.165) is 36.5 Å². The lowest BCUT2D eigenvalue weighted by Crippen LogP contribution is -2.46. The molecule has 154 valence electrons. The van der Waals surface area contributed by atoms with Crippen molar-refractivity contribution in [1.82, 2.24) is 9.88 Å². The van der Waals surface area contributed by atoms with Crippen LogP contribution in [0.3, 0.4) is 0 Å². The maximum absolute atomic E-state index is 13.3. The molecule has 0 unspecified atom stereocenters. The summed E-state index contributed by atoms with van der Waals surface area (Å²) in [7, 11) is 1.55. The highest BCUT2D eigenvalue weighted by molar-refractivity contribution is 7.18. The van der Waals surface area contributed by atoms with Crippen molar-refractivity contribution < 1.29 is 14.3 Å². The number of methoxy groups -OCH3 is 1. The third kappa shape index (κ3) is 3.28. The second-order valence-corrected chi connectivity index (χ2v) is 8.88. The third-order valence-corrected chi connectivity index (χ3v) is 7.20. The van der Waals surface area contributed by atoms with E-state index >= 15 is 0 Å². The summed E-state index contributed by atoms with van der Waals surface area (Å²) in [5, 5.41) is 1.12. The number of aromatic nitrogens is 1. The molecule has 0 spiro atoms. The van der Waals surface area contributed by atoms with Gasteiger partial charge in [-0.3, -0.25) is 14.5 Å². The molecular weight excluding hydrogens is 398 g/mol. The molecule has 2 fully saturated rings. The molecule has 2 aliphatic heterocycles. The third-order valence-electron chi connectivity index (χ3n) is 6.00. The number of carbonyl (C=O) groups excluding carboxylic acids is 2. The van der Waals surface area contributed by atoms with Gasteiger partial charge in [0.25, 0.3) is 5.91 Å². The Kier molecular flexibility index (Phi) is 5.00. The van der Waals surface area contributed by atoms with Crippen molar-refractivity contribution in [2.24, 2.45) is 0 Å². The van der Waals surface area contributed by atoms with Crippen molar-refractivity contribution in [3.05, 3.63) is 53.5 Å². The number of likely N-dealkylation sites (tertiary alicyclic amines) is 1. The van der Waals surface area contributed by atoms with Gasteiger partial charge in [-0.15, -0.1) is 11.3 Å². The first-order chi connectivity index (χ1) is 14.7. The molecule has 6 nitrogen and oxygen atoms in total. The van der Waals surface area contributed by atoms with E-state index in [1.54, 1.807) is 30.6 Å². The largest absolute Gasteiger partial charge is 0.495 e. The summed E-state index contributed by atoms with van der Waals surface area (Å²) in [6, 6.07) is 14.9. The molecule has 2 aromatic carbocycles. The van der Waals surface area contributed by atoms with Crippen LogP contribution in [0, 0.1) is 0 Å². The summed E-state index contributed by atoms with van der Waals surface area (Å²) < 4.78 is 6.57. The number of rotatable bonds is 4. The van der Waals surface area contributed by atoms with E-state index in [1.807, 2.05) is 30.3 Å². The molecule has 2 saturated heterocycles. The van der Waals surface area contributed by atoms with E-state index in [2.05, 4.69) is 11.0 Å². The molecule has 3 heterocycles. The Morgan fingerprint density at radius 2 is 1.90 bits per heavy atom. The fourth-order valence-corrected chi connectivity index (χ4v) is 5.62. The first-order valence-corrected chi connectivity index (χ1v) is 11.1. The molecule has 0 radical (unpaired) electrons. The van der Waals surface area contributed by atoms with E-state index in [1.165, 1.54) is 9.60 Å². The van der Waals surface area contributed by atoms with Crippen molar-refractivity contribution in [2.75, 3.05) is 25.1 Å². The van der Waals surface area contributed by atoms with Gasteiger partial charge in [0.1, 0.15) is 5.75 Å². The number of para-hydroxylation sites is 3. The number of thiazole rings is 1. The Morgan fingerprint density at radius 1 is 1.10 bits per heavy atom. The zero-order valence-electron chi connectivity index (χ0n) is 16.8. The van der Waals surface area contributed by atoms with E-state index in [9.17, 15) is 9.59 Å². The molecule has 2 amide bonds. The molecule has 2 atom stereocenters. The smallest absolute Gasteiger partial charge is 0.251 e. The average Bonchev–Trinajstić information content (AvgIpc) is 3.34. The number of ether oxygens (including phenoxy) is 1. The van der Waals surface area contributed by atoms with Gasteiger partial charge >= 0.3 is 0 Å². The normalized spacial score (nSPS) is 22.8. The lowest BCUT2D eigenvalue weighted by Gasteiger charge is -2.34. The van der Waals surface area contributed by atoms with Crippen LogP contribution >= 0.6 is 11.3 Å². The topological polar surface area (TPSA) is 62.7 Å². The highest BCUT2D eigenvalue weighted by Crippen LogP contribution is 2.37. The predicted octanol–water partition coefficient (Wildman–Crippen LogP) is 3.82. The number of imide groups is 1. The van der Waals surface area contributed by atoms with Crippen LogP contribution in [-0.2, 0) is 9.59 Å². The Balaban J connectivity index is 1.37. The van der Waals surface area contributed by atoms with Crippen molar-refractivity contribution in [3.63, 3.8) is 0 Å². The van der Waals surface area contributed by atoms with E-state index in [0.29, 0.717) is 17.4 Å². The molecule has 1 aromatic heterocycles. The van der Waals surface area contributed by atoms with E-state index < -0.39 is 6.04 Å². The molecular formula is C23H23N3O3S. The minimum absolute atomic E-state index is 0.158. The number of fused-ring (bicyclic) bond motifs is 1. The fraction of sp³-hybridized carbons (Fsp3) is 0.348. The first-order valence-electron chi connectivity index (χ1n) is 10.2. The Morgan fingerprint density at radius 3 is 2.73 bits per heavy atom. The van der Waals surface area contributed by atoms with E-state index in [4.69, 9.17) is 9.72 Å². The Labute approximate surface area is 179 Å². The minimum Gasteiger partial charge on any atom is -0.495 e. The zero-order valence-corrected chi connectivity index (χ0v) is 17.6. The number of nitrogens with zero attached hydrogens (tertiary/aromatic N) is 3. The quantitative estimate of drug-likeness (QED) is 0.600. The number of carbonyl (C=O) groups is 2. The van der Waals surface area contributed by atoms with Crippen molar-refractivity contribution in [1.29, 1.82) is 0 Å². The van der Waals surface area contributed by atoms with Crippen molar-refractivity contribution in [2.45, 2.75) is 31.2 Å². The van der Waals surface area contributed by atoms with Crippen LogP contribution in [0.4, 0.5) is 5.69 Å². The second-order valence-electron chi connectivity index (χ2n) is 7.81. The summed E-state index contributed by atoms with van der Waals surface area (Å²) >= 11 is 1.74. The number of piperidine rings is 1. The molecule has 0 bridgehead atoms. The van der Waals surface area contributed by atoms with Crippen LogP contribution in [0.25, 0.3) is 10.2 Å². The van der Waals surface area contributed by atoms with E-state index in [-0.39, 0.29) is 18.2 Å². The van der Waals surface area contributed by atoms with Crippen molar-refractivity contribution in [3.8, 4) is 5.75 Å². The molecule has 0 aliphatic carbocycles. The lowest BCUT2D eigenvalue weighted by molar-refractivity contribution is -0.123. The number of anilines is 1. The van der Waals surface area contributed by atoms with Crippen LogP contribution < -0.4 is 9.64 Å². The van der Waals surface area contributed by atoms with Crippen LogP contribution in [-0.4, -0.2) is 47.9 Å². The van der Waals surface area contributed by atoms with Crippen LogP contribution in [0.2, 0.25) is 0 Å². The van der Waals surface area contributed by atoms with Gasteiger partial charge in [-0.2, -0.15) is 0 Å². The lowest BCUT2D eigenvalue weighted by atomic mass is 9.97. The summed E-state index contributed by atoms with van der Waals surface area (Å²) in [4.78, 5) is 34.4. The SMILES string of the molecule is COc1ccccc1N1C(=O)C[C@H](N2CCC[C@@H](c3nc4ccccc4s3)C2)C1=O. The summed E-state index contributed by atoms with van der Waals surface area (Å²) in [6.07, 6.45) is 2.26. The number of hydrogen-bond acceptors (Lipinski definition) is 6. The predicted molar refractivity (Wildman–Crippen MR) is 117 cm³/mol. The number of amides is 2. The van der Waals surface area contributed by atoms with Gasteiger partial charge in [0.05, 0.1) is 40.5 Å². The molecule has 0 N–H and O–H groups in total. The summed E-state index contributed by atoms with van der Waals surface area (Å²) in [5.41, 5.74) is 1.56. The molecule has 5 rings (SSSR count). The number of hydrogen-bond donors (Lipinski definition) is 0. The van der Waals surface area contributed by atoms with Gasteiger partial charge in [-0.1, -0.05) is 24.3 Å². The maximum Gasteiger partial charge on any atom is 0.251 e. The van der Waals surface area contributed by atoms with Gasteiger partial charge in [0, 0.05) is 12.5 Å². The monoisotopic (exact) mass is 421 g/mol. The maximum atomic E-state index is 13.3. The molecule has 30 heavy (non-hydrogen) atoms. The highest BCUT2D eigenvalue weighted by atomic mass is 32.1. The van der Waals surface area contributed by atoms with Crippen LogP contribution in [0.1, 0.15) is 30.2 Å². The number of benzene rings is 2. The van der Waals surface area contributed by atoms with Gasteiger partial charge in [-0.05, 0) is 43.7 Å². The Hall–Kier alpha value is -2.77. The summed E-state index contributed by atoms with van der Waals surface area (Å²) in [6.45, 7) is 1.58. The molecule has 0 saturated carbocycles. The van der Waals surface area contributed by atoms with Gasteiger partial charge in [0.15, 0.2) is 0 Å². The fourth-order valence-electron chi connectivity index (χ4n) is 4.52. The van der Waals surface area contributed by atoms with Crippen LogP contribution in [0.5, 0.6) is 5.75 Å². The van der Waals surface area contributed by atoms with Gasteiger partial charge < -0.3 is 4.74 Å². The molecule has 3 aromatic rings. The average molecular weight is 422 g/mol. The van der Waals surface area contributed by atoms with Gasteiger partial charge in [0.2, 0.25) is 5.91 Å². The minimum atomic E-state index is -0.417. The molecule has 2 aliphatic rings. The van der Waals surface area contributed by atoms with Gasteiger partial charge in [-0.25, -0.2) is 9.88 Å². The summed E-state index contributed by atoms with van der Waals surface area (Å²) in [5.74, 6) is 0.497. The second kappa shape index (κ2) is 7.81. The highest BCUT2D eigenvalue weighted by Gasteiger charge is 2.44.